The van der Waals surface area contributed by atoms with Crippen molar-refractivity contribution in [1.82, 2.24) is 0 Å². The standard InChI is InChI=1S/C16H11NO3S/c1-10(18)15-13-9-12(17(19)20)7-8-14(13)21-16(15)11-5-3-2-4-6-11/h2-9H,1H3. The summed E-state index contributed by atoms with van der Waals surface area (Å²) in [5.74, 6) is -0.0828. The summed E-state index contributed by atoms with van der Waals surface area (Å²) in [6.07, 6.45) is 0. The number of hydrogen-bond donors (Lipinski definition) is 0. The molecular weight excluding hydrogens is 286 g/mol. The van der Waals surface area contributed by atoms with Gasteiger partial charge in [0.25, 0.3) is 5.69 Å². The highest BCUT2D eigenvalue weighted by Crippen LogP contribution is 2.40. The van der Waals surface area contributed by atoms with Crippen molar-refractivity contribution in [2.45, 2.75) is 6.92 Å². The number of carbonyl (C=O) groups excluding carboxylic acids is 1. The number of thiophene rings is 1. The van der Waals surface area contributed by atoms with Crippen LogP contribution in [0.3, 0.4) is 0 Å². The first-order valence-corrected chi connectivity index (χ1v) is 7.17. The van der Waals surface area contributed by atoms with Crippen molar-refractivity contribution < 1.29 is 9.72 Å². The number of rotatable bonds is 3. The topological polar surface area (TPSA) is 60.2 Å². The molecule has 0 aliphatic heterocycles. The van der Waals surface area contributed by atoms with Crippen molar-refractivity contribution in [2.24, 2.45) is 0 Å². The van der Waals surface area contributed by atoms with Crippen LogP contribution >= 0.6 is 11.3 Å². The van der Waals surface area contributed by atoms with Crippen LogP contribution in [0, 0.1) is 10.1 Å². The lowest BCUT2D eigenvalue weighted by Crippen LogP contribution is -1.93. The minimum Gasteiger partial charge on any atom is -0.294 e. The van der Waals surface area contributed by atoms with E-state index in [4.69, 9.17) is 0 Å². The molecule has 0 bridgehead atoms. The fourth-order valence-electron chi connectivity index (χ4n) is 2.34. The fraction of sp³-hybridized carbons (Fsp3) is 0.0625. The Morgan fingerprint density at radius 3 is 2.48 bits per heavy atom. The average Bonchev–Trinajstić information content (AvgIpc) is 2.86. The van der Waals surface area contributed by atoms with Crippen LogP contribution in [0.25, 0.3) is 20.5 Å². The number of ketones is 1. The molecule has 0 amide bonds. The van der Waals surface area contributed by atoms with Crippen LogP contribution in [0.15, 0.2) is 48.5 Å². The maximum absolute atomic E-state index is 12.0. The molecule has 2 aromatic carbocycles. The Morgan fingerprint density at radius 1 is 1.14 bits per heavy atom. The lowest BCUT2D eigenvalue weighted by molar-refractivity contribution is -0.384. The zero-order valence-electron chi connectivity index (χ0n) is 11.2. The molecule has 0 aliphatic rings. The highest BCUT2D eigenvalue weighted by atomic mass is 32.1. The largest absolute Gasteiger partial charge is 0.294 e. The van der Waals surface area contributed by atoms with Crippen LogP contribution in [0.5, 0.6) is 0 Å². The van der Waals surface area contributed by atoms with Gasteiger partial charge in [0.1, 0.15) is 0 Å². The quantitative estimate of drug-likeness (QED) is 0.400. The van der Waals surface area contributed by atoms with Gasteiger partial charge >= 0.3 is 0 Å². The number of fused-ring (bicyclic) bond motifs is 1. The molecular formula is C16H11NO3S. The fourth-order valence-corrected chi connectivity index (χ4v) is 3.58. The Balaban J connectivity index is 2.33. The number of Topliss-reactive ketones (excluding diaryl/α,β-unsaturated/α-hetero) is 1. The number of hydrogen-bond acceptors (Lipinski definition) is 4. The van der Waals surface area contributed by atoms with E-state index in [-0.39, 0.29) is 11.5 Å². The van der Waals surface area contributed by atoms with Crippen molar-refractivity contribution in [3.8, 4) is 10.4 Å². The Labute approximate surface area is 124 Å². The summed E-state index contributed by atoms with van der Waals surface area (Å²) in [5.41, 5.74) is 1.51. The van der Waals surface area contributed by atoms with Gasteiger partial charge in [-0.1, -0.05) is 30.3 Å². The SMILES string of the molecule is CC(=O)c1c(-c2ccccc2)sc2ccc([N+](=O)[O-])cc12. The lowest BCUT2D eigenvalue weighted by atomic mass is 10.0. The van der Waals surface area contributed by atoms with Crippen LogP contribution < -0.4 is 0 Å². The first-order chi connectivity index (χ1) is 10.1. The molecule has 3 rings (SSSR count). The van der Waals surface area contributed by atoms with Gasteiger partial charge in [-0.25, -0.2) is 0 Å². The first kappa shape index (κ1) is 13.5. The third kappa shape index (κ3) is 2.32. The molecule has 3 aromatic rings. The second kappa shape index (κ2) is 5.10. The number of nitro benzene ring substituents is 1. The molecule has 0 saturated heterocycles. The molecule has 4 nitrogen and oxygen atoms in total. The third-order valence-electron chi connectivity index (χ3n) is 3.27. The van der Waals surface area contributed by atoms with Gasteiger partial charge in [-0.2, -0.15) is 0 Å². The number of nitrogens with zero attached hydrogens (tertiary/aromatic N) is 1. The van der Waals surface area contributed by atoms with E-state index in [1.54, 1.807) is 6.07 Å². The molecule has 0 spiro atoms. The third-order valence-corrected chi connectivity index (χ3v) is 4.49. The van der Waals surface area contributed by atoms with E-state index in [1.165, 1.54) is 30.4 Å². The van der Waals surface area contributed by atoms with Gasteiger partial charge in [-0.15, -0.1) is 11.3 Å². The van der Waals surface area contributed by atoms with Gasteiger partial charge in [0, 0.05) is 32.7 Å². The number of carbonyl (C=O) groups is 1. The summed E-state index contributed by atoms with van der Waals surface area (Å²) in [6.45, 7) is 1.49. The highest BCUT2D eigenvalue weighted by molar-refractivity contribution is 7.22. The van der Waals surface area contributed by atoms with Crippen molar-refractivity contribution >= 4 is 32.9 Å². The molecule has 0 aliphatic carbocycles. The molecule has 0 fully saturated rings. The predicted molar refractivity (Wildman–Crippen MR) is 83.9 cm³/mol. The van der Waals surface area contributed by atoms with Crippen molar-refractivity contribution in [3.05, 3.63) is 64.2 Å². The molecule has 0 unspecified atom stereocenters. The molecule has 1 aromatic heterocycles. The summed E-state index contributed by atoms with van der Waals surface area (Å²) < 4.78 is 0.879. The molecule has 21 heavy (non-hydrogen) atoms. The Bertz CT molecular complexity index is 853. The summed E-state index contributed by atoms with van der Waals surface area (Å²) in [6, 6.07) is 14.3. The van der Waals surface area contributed by atoms with E-state index >= 15 is 0 Å². The molecule has 0 saturated carbocycles. The van der Waals surface area contributed by atoms with Crippen LogP contribution in [0.1, 0.15) is 17.3 Å². The van der Waals surface area contributed by atoms with Crippen LogP contribution in [0.4, 0.5) is 5.69 Å². The molecule has 0 radical (unpaired) electrons. The van der Waals surface area contributed by atoms with Gasteiger partial charge in [0.2, 0.25) is 0 Å². The van der Waals surface area contributed by atoms with Gasteiger partial charge in [-0.05, 0) is 18.6 Å². The van der Waals surface area contributed by atoms with E-state index in [1.807, 2.05) is 30.3 Å². The lowest BCUT2D eigenvalue weighted by Gasteiger charge is -2.01. The highest BCUT2D eigenvalue weighted by Gasteiger charge is 2.19. The molecule has 5 heteroatoms. The monoisotopic (exact) mass is 297 g/mol. The molecule has 104 valence electrons. The Kier molecular flexibility index (Phi) is 3.27. The van der Waals surface area contributed by atoms with Crippen molar-refractivity contribution in [2.75, 3.05) is 0 Å². The number of benzene rings is 2. The minimum absolute atomic E-state index is 0.00223. The molecule has 1 heterocycles. The molecule has 0 atom stereocenters. The van der Waals surface area contributed by atoms with E-state index in [0.717, 1.165) is 15.1 Å². The van der Waals surface area contributed by atoms with Crippen LogP contribution in [-0.2, 0) is 0 Å². The zero-order valence-corrected chi connectivity index (χ0v) is 12.0. The predicted octanol–water partition coefficient (Wildman–Crippen LogP) is 4.68. The van der Waals surface area contributed by atoms with E-state index in [0.29, 0.717) is 10.9 Å². The van der Waals surface area contributed by atoms with Crippen molar-refractivity contribution in [3.63, 3.8) is 0 Å². The first-order valence-electron chi connectivity index (χ1n) is 6.35. The summed E-state index contributed by atoms with van der Waals surface area (Å²) in [7, 11) is 0. The second-order valence-electron chi connectivity index (χ2n) is 4.67. The minimum atomic E-state index is -0.441. The average molecular weight is 297 g/mol. The summed E-state index contributed by atoms with van der Waals surface area (Å²) >= 11 is 1.48. The van der Waals surface area contributed by atoms with Crippen molar-refractivity contribution in [1.29, 1.82) is 0 Å². The maximum atomic E-state index is 12.0. The van der Waals surface area contributed by atoms with Gasteiger partial charge in [0.05, 0.1) is 4.92 Å². The zero-order chi connectivity index (χ0) is 15.0. The van der Waals surface area contributed by atoms with Gasteiger partial charge in [0.15, 0.2) is 5.78 Å². The molecule has 0 N–H and O–H groups in total. The summed E-state index contributed by atoms with van der Waals surface area (Å²) in [4.78, 5) is 23.4. The van der Waals surface area contributed by atoms with Crippen LogP contribution in [-0.4, -0.2) is 10.7 Å². The normalized spacial score (nSPS) is 10.7. The summed E-state index contributed by atoms with van der Waals surface area (Å²) in [5, 5.41) is 11.6. The van der Waals surface area contributed by atoms with Gasteiger partial charge < -0.3 is 0 Å². The number of nitro groups is 1. The second-order valence-corrected chi connectivity index (χ2v) is 5.72. The van der Waals surface area contributed by atoms with E-state index < -0.39 is 4.92 Å². The Hall–Kier alpha value is -2.53. The smallest absolute Gasteiger partial charge is 0.270 e. The van der Waals surface area contributed by atoms with Crippen LogP contribution in [0.2, 0.25) is 0 Å². The van der Waals surface area contributed by atoms with E-state index in [9.17, 15) is 14.9 Å². The number of non-ortho nitro benzene ring substituents is 1. The maximum Gasteiger partial charge on any atom is 0.270 e. The van der Waals surface area contributed by atoms with Gasteiger partial charge in [-0.3, -0.25) is 14.9 Å². The Morgan fingerprint density at radius 2 is 1.86 bits per heavy atom. The van der Waals surface area contributed by atoms with E-state index in [2.05, 4.69) is 0 Å².